The lowest BCUT2D eigenvalue weighted by Gasteiger charge is -2.21. The Hall–Kier alpha value is -2.06. The molecule has 30 heavy (non-hydrogen) atoms. The Morgan fingerprint density at radius 2 is 1.77 bits per heavy atom. The van der Waals surface area contributed by atoms with Gasteiger partial charge in [0.1, 0.15) is 13.2 Å². The number of nitrogens with zero attached hydrogens (tertiary/aromatic N) is 3. The predicted octanol–water partition coefficient (Wildman–Crippen LogP) is 4.74. The molecule has 0 saturated heterocycles. The number of halogens is 2. The molecule has 1 aromatic heterocycles. The lowest BCUT2D eigenvalue weighted by molar-refractivity contribution is 0.0986. The first kappa shape index (κ1) is 22.6. The zero-order valence-electron chi connectivity index (χ0n) is 16.8. The molecular formula is C21H23Cl2N3O3S. The van der Waals surface area contributed by atoms with Crippen LogP contribution in [0.5, 0.6) is 11.5 Å². The smallest absolute Gasteiger partial charge is 0.260 e. The van der Waals surface area contributed by atoms with E-state index in [4.69, 9.17) is 26.1 Å². The number of fused-ring (bicyclic) bond motifs is 2. The molecule has 2 aromatic carbocycles. The van der Waals surface area contributed by atoms with Crippen molar-refractivity contribution in [2.24, 2.45) is 0 Å². The van der Waals surface area contributed by atoms with E-state index in [1.165, 1.54) is 11.3 Å². The Bertz CT molecular complexity index is 981. The molecule has 0 bridgehead atoms. The van der Waals surface area contributed by atoms with Crippen molar-refractivity contribution in [3.63, 3.8) is 0 Å². The summed E-state index contributed by atoms with van der Waals surface area (Å²) in [7, 11) is 4.04. The van der Waals surface area contributed by atoms with Crippen LogP contribution in [0.2, 0.25) is 5.02 Å². The van der Waals surface area contributed by atoms with Crippen LogP contribution < -0.4 is 14.4 Å². The first-order chi connectivity index (χ1) is 14.0. The Balaban J connectivity index is 0.00000256. The van der Waals surface area contributed by atoms with E-state index in [9.17, 15) is 4.79 Å². The van der Waals surface area contributed by atoms with E-state index >= 15 is 0 Å². The number of ether oxygens (including phenoxy) is 2. The van der Waals surface area contributed by atoms with Crippen LogP contribution in [0.3, 0.4) is 0 Å². The van der Waals surface area contributed by atoms with Gasteiger partial charge in [0.25, 0.3) is 5.91 Å². The highest BCUT2D eigenvalue weighted by atomic mass is 35.5. The van der Waals surface area contributed by atoms with E-state index in [2.05, 4.69) is 4.90 Å². The van der Waals surface area contributed by atoms with Crippen molar-refractivity contribution in [2.75, 3.05) is 45.3 Å². The van der Waals surface area contributed by atoms with Gasteiger partial charge in [0.05, 0.1) is 10.2 Å². The monoisotopic (exact) mass is 467 g/mol. The summed E-state index contributed by atoms with van der Waals surface area (Å²) in [5, 5.41) is 1.27. The molecule has 0 radical (unpaired) electrons. The fraction of sp³-hybridized carbons (Fsp3) is 0.333. The van der Waals surface area contributed by atoms with Crippen molar-refractivity contribution in [2.45, 2.75) is 6.42 Å². The van der Waals surface area contributed by atoms with Gasteiger partial charge in [-0.15, -0.1) is 12.4 Å². The number of aromatic nitrogens is 1. The maximum absolute atomic E-state index is 13.3. The summed E-state index contributed by atoms with van der Waals surface area (Å²) in [5.74, 6) is 1.34. The molecule has 1 aliphatic heterocycles. The molecule has 4 rings (SSSR count). The summed E-state index contributed by atoms with van der Waals surface area (Å²) in [6, 6.07) is 10.8. The fourth-order valence-corrected chi connectivity index (χ4v) is 4.27. The lowest BCUT2D eigenvalue weighted by Crippen LogP contribution is -2.33. The van der Waals surface area contributed by atoms with Gasteiger partial charge in [0, 0.05) is 29.3 Å². The minimum absolute atomic E-state index is 0. The molecule has 0 unspecified atom stereocenters. The molecule has 0 saturated carbocycles. The number of hydrogen-bond donors (Lipinski definition) is 0. The van der Waals surface area contributed by atoms with Crippen molar-refractivity contribution in [3.05, 3.63) is 47.0 Å². The first-order valence-corrected chi connectivity index (χ1v) is 10.6. The first-order valence-electron chi connectivity index (χ1n) is 9.43. The van der Waals surface area contributed by atoms with Gasteiger partial charge < -0.3 is 14.4 Å². The number of benzene rings is 2. The van der Waals surface area contributed by atoms with Crippen LogP contribution in [0.25, 0.3) is 10.2 Å². The molecule has 0 aliphatic carbocycles. The number of carbonyl (C=O) groups is 1. The summed E-state index contributed by atoms with van der Waals surface area (Å²) in [6.45, 7) is 2.52. The molecular weight excluding hydrogens is 445 g/mol. The minimum atomic E-state index is -0.0863. The second kappa shape index (κ2) is 9.83. The summed E-state index contributed by atoms with van der Waals surface area (Å²) >= 11 is 7.46. The predicted molar refractivity (Wildman–Crippen MR) is 124 cm³/mol. The number of carbonyl (C=O) groups excluding carboxylic acids is 1. The van der Waals surface area contributed by atoms with Crippen molar-refractivity contribution in [1.82, 2.24) is 9.88 Å². The fourth-order valence-electron chi connectivity index (χ4n) is 3.15. The average molecular weight is 468 g/mol. The van der Waals surface area contributed by atoms with Crippen LogP contribution in [0, 0.1) is 0 Å². The molecule has 6 nitrogen and oxygen atoms in total. The maximum Gasteiger partial charge on any atom is 0.260 e. The zero-order chi connectivity index (χ0) is 20.4. The molecule has 0 fully saturated rings. The van der Waals surface area contributed by atoms with Gasteiger partial charge in [-0.1, -0.05) is 22.9 Å². The molecule has 1 amide bonds. The number of hydrogen-bond acceptors (Lipinski definition) is 6. The molecule has 2 heterocycles. The van der Waals surface area contributed by atoms with Crippen molar-refractivity contribution >= 4 is 56.6 Å². The van der Waals surface area contributed by atoms with E-state index in [0.717, 1.165) is 28.9 Å². The van der Waals surface area contributed by atoms with Gasteiger partial charge in [-0.05, 0) is 51.3 Å². The highest BCUT2D eigenvalue weighted by Crippen LogP contribution is 2.39. The zero-order valence-corrected chi connectivity index (χ0v) is 19.1. The standard InChI is InChI=1S/C21H22ClN3O3S.ClH/c1-24(2)8-3-9-25(20(26)14-4-6-15(22)7-5-14)21-23-16-12-17-18(13-19(16)29-21)28-11-10-27-17;/h4-7,12-13H,3,8-11H2,1-2H3;1H. The normalized spacial score (nSPS) is 12.7. The van der Waals surface area contributed by atoms with Gasteiger partial charge >= 0.3 is 0 Å². The van der Waals surface area contributed by atoms with E-state index in [-0.39, 0.29) is 18.3 Å². The van der Waals surface area contributed by atoms with E-state index in [1.807, 2.05) is 26.2 Å². The van der Waals surface area contributed by atoms with Gasteiger partial charge in [-0.2, -0.15) is 0 Å². The van der Waals surface area contributed by atoms with Crippen LogP contribution in [-0.2, 0) is 0 Å². The third-order valence-electron chi connectivity index (χ3n) is 4.60. The van der Waals surface area contributed by atoms with Crippen LogP contribution in [-0.4, -0.2) is 56.2 Å². The largest absolute Gasteiger partial charge is 0.486 e. The quantitative estimate of drug-likeness (QED) is 0.523. The van der Waals surface area contributed by atoms with Crippen LogP contribution >= 0.6 is 35.3 Å². The van der Waals surface area contributed by atoms with Gasteiger partial charge in [0.15, 0.2) is 16.6 Å². The molecule has 0 N–H and O–H groups in total. The van der Waals surface area contributed by atoms with Crippen LogP contribution in [0.15, 0.2) is 36.4 Å². The summed E-state index contributed by atoms with van der Waals surface area (Å²) < 4.78 is 12.3. The SMILES string of the molecule is CN(C)CCCN(C(=O)c1ccc(Cl)cc1)c1nc2cc3c(cc2s1)OCCO3.Cl. The lowest BCUT2D eigenvalue weighted by atomic mass is 10.2. The van der Waals surface area contributed by atoms with E-state index < -0.39 is 0 Å². The van der Waals surface area contributed by atoms with Crippen LogP contribution in [0.4, 0.5) is 5.13 Å². The number of amides is 1. The third-order valence-corrected chi connectivity index (χ3v) is 5.89. The Kier molecular flexibility index (Phi) is 7.41. The Morgan fingerprint density at radius 1 is 1.10 bits per heavy atom. The number of thiazole rings is 1. The van der Waals surface area contributed by atoms with Gasteiger partial charge in [0.2, 0.25) is 0 Å². The Labute approximate surface area is 190 Å². The van der Waals surface area contributed by atoms with Gasteiger partial charge in [-0.3, -0.25) is 9.69 Å². The van der Waals surface area contributed by atoms with Crippen molar-refractivity contribution in [3.8, 4) is 11.5 Å². The van der Waals surface area contributed by atoms with Crippen molar-refractivity contribution in [1.29, 1.82) is 0 Å². The van der Waals surface area contributed by atoms with Crippen LogP contribution in [0.1, 0.15) is 16.8 Å². The minimum Gasteiger partial charge on any atom is -0.486 e. The highest BCUT2D eigenvalue weighted by molar-refractivity contribution is 7.22. The van der Waals surface area contributed by atoms with Gasteiger partial charge in [-0.25, -0.2) is 4.98 Å². The highest BCUT2D eigenvalue weighted by Gasteiger charge is 2.23. The maximum atomic E-state index is 13.3. The number of anilines is 1. The number of rotatable bonds is 6. The molecule has 9 heteroatoms. The summed E-state index contributed by atoms with van der Waals surface area (Å²) in [4.78, 5) is 21.8. The van der Waals surface area contributed by atoms with Crippen molar-refractivity contribution < 1.29 is 14.3 Å². The van der Waals surface area contributed by atoms with E-state index in [0.29, 0.717) is 41.2 Å². The molecule has 1 aliphatic rings. The van der Waals surface area contributed by atoms with E-state index in [1.54, 1.807) is 29.2 Å². The molecule has 0 atom stereocenters. The Morgan fingerprint density at radius 3 is 2.43 bits per heavy atom. The molecule has 160 valence electrons. The molecule has 0 spiro atoms. The second-order valence-corrected chi connectivity index (χ2v) is 8.53. The average Bonchev–Trinajstić information content (AvgIpc) is 3.11. The molecule has 3 aromatic rings. The summed E-state index contributed by atoms with van der Waals surface area (Å²) in [5.41, 5.74) is 1.39. The summed E-state index contributed by atoms with van der Waals surface area (Å²) in [6.07, 6.45) is 0.838. The topological polar surface area (TPSA) is 54.9 Å². The second-order valence-electron chi connectivity index (χ2n) is 7.08. The third kappa shape index (κ3) is 4.98.